The van der Waals surface area contributed by atoms with E-state index in [-0.39, 0.29) is 52.2 Å². The molecule has 5 aliphatic heterocycles. The molecule has 0 spiro atoms. The molecule has 5 fully saturated rings. The Morgan fingerprint density at radius 1 is 0.857 bits per heavy atom. The van der Waals surface area contributed by atoms with Gasteiger partial charge in [0.15, 0.2) is 5.82 Å². The summed E-state index contributed by atoms with van der Waals surface area (Å²) in [5.41, 5.74) is 3.29. The van der Waals surface area contributed by atoms with Crippen LogP contribution in [0.15, 0.2) is 48.5 Å². The van der Waals surface area contributed by atoms with E-state index in [2.05, 4.69) is 56.8 Å². The van der Waals surface area contributed by atoms with Crippen LogP contribution in [0.3, 0.4) is 0 Å². The number of phenols is 1. The number of aliphatic hydroxyl groups is 1. The maximum absolute atomic E-state index is 16.2. The summed E-state index contributed by atoms with van der Waals surface area (Å²) in [4.78, 5) is 57.5. The Kier molecular flexibility index (Phi) is 31.1. The summed E-state index contributed by atoms with van der Waals surface area (Å²) in [7, 11) is 7.31. The number of aromatic hydroxyl groups is 1. The van der Waals surface area contributed by atoms with Gasteiger partial charge in [-0.15, -0.1) is 0 Å². The van der Waals surface area contributed by atoms with Crippen molar-refractivity contribution >= 4 is 57.6 Å². The van der Waals surface area contributed by atoms with E-state index in [0.717, 1.165) is 98.7 Å². The fraction of sp³-hybridized carbons (Fsp3) is 0.616. The van der Waals surface area contributed by atoms with Gasteiger partial charge in [-0.05, 0) is 211 Å². The van der Waals surface area contributed by atoms with Crippen LogP contribution in [0.25, 0.3) is 32.8 Å². The Labute approximate surface area is 541 Å². The number of amides is 2. The number of piperidine rings is 3. The third-order valence-corrected chi connectivity index (χ3v) is 18.5. The smallest absolute Gasteiger partial charge is 0.318 e. The minimum absolute atomic E-state index is 0.00910. The molecule has 0 saturated carbocycles. The summed E-state index contributed by atoms with van der Waals surface area (Å²) in [5, 5.41) is 24.9. The van der Waals surface area contributed by atoms with Crippen molar-refractivity contribution < 1.29 is 52.0 Å². The highest BCUT2D eigenvalue weighted by atomic mass is 19.1. The number of anilines is 2. The predicted octanol–water partition coefficient (Wildman–Crippen LogP) is 14.5. The topological polar surface area (TPSA) is 178 Å². The first kappa shape index (κ1) is 75.5. The first-order chi connectivity index (χ1) is 43.5. The lowest BCUT2D eigenvalue weighted by Gasteiger charge is -2.37. The van der Waals surface area contributed by atoms with Crippen LogP contribution in [-0.2, 0) is 30.3 Å². The summed E-state index contributed by atoms with van der Waals surface area (Å²) >= 11 is 0. The molecule has 15 nitrogen and oxygen atoms in total. The van der Waals surface area contributed by atoms with Crippen molar-refractivity contribution in [3.63, 3.8) is 0 Å². The van der Waals surface area contributed by atoms with Crippen molar-refractivity contribution in [1.29, 1.82) is 0 Å². The summed E-state index contributed by atoms with van der Waals surface area (Å²) in [6, 6.07) is 14.8. The summed E-state index contributed by atoms with van der Waals surface area (Å²) in [6.45, 7) is 24.6. The van der Waals surface area contributed by atoms with Crippen molar-refractivity contribution in [3.8, 4) is 22.9 Å². The molecule has 2 amide bonds. The number of phenolic OH excluding ortho intramolecular Hbond substituents is 1. The van der Waals surface area contributed by atoms with Gasteiger partial charge >= 0.3 is 6.01 Å². The zero-order chi connectivity index (χ0) is 67.0. The lowest BCUT2D eigenvalue weighted by atomic mass is 9.86. The fourth-order valence-corrected chi connectivity index (χ4v) is 13.3. The Morgan fingerprint density at radius 2 is 1.58 bits per heavy atom. The van der Waals surface area contributed by atoms with Gasteiger partial charge in [0.2, 0.25) is 11.8 Å². The number of rotatable bonds is 18. The molecule has 5 saturated heterocycles. The van der Waals surface area contributed by atoms with E-state index in [1.165, 1.54) is 97.0 Å². The lowest BCUT2D eigenvalue weighted by molar-refractivity contribution is -0.135. The van der Waals surface area contributed by atoms with Gasteiger partial charge in [0.1, 0.15) is 41.3 Å². The van der Waals surface area contributed by atoms with Gasteiger partial charge in [-0.2, -0.15) is 9.97 Å². The molecule has 0 aliphatic carbocycles. The Bertz CT molecular complexity index is 3120. The number of hydrogen-bond acceptors (Lipinski definition) is 14. The number of aldehydes is 2. The summed E-state index contributed by atoms with van der Waals surface area (Å²) in [6.07, 6.45) is 20.8. The highest BCUT2D eigenvalue weighted by Gasteiger charge is 2.36. The number of nitrogens with zero attached hydrogens (tertiary/aromatic N) is 6. The first-order valence-corrected chi connectivity index (χ1v) is 33.6. The third-order valence-electron chi connectivity index (χ3n) is 18.5. The molecule has 1 aromatic heterocycles. The van der Waals surface area contributed by atoms with Crippen LogP contribution in [-0.4, -0.2) is 146 Å². The highest BCUT2D eigenvalue weighted by Crippen LogP contribution is 2.42. The molecule has 5 unspecified atom stereocenters. The van der Waals surface area contributed by atoms with Crippen LogP contribution >= 0.6 is 0 Å². The van der Waals surface area contributed by atoms with Crippen LogP contribution in [0.2, 0.25) is 0 Å². The summed E-state index contributed by atoms with van der Waals surface area (Å²) in [5.74, 6) is 1.21. The summed E-state index contributed by atoms with van der Waals surface area (Å²) < 4.78 is 56.0. The number of fused-ring (bicyclic) bond motifs is 3. The quantitative estimate of drug-likeness (QED) is 0.0557. The van der Waals surface area contributed by atoms with Gasteiger partial charge in [-0.3, -0.25) is 19.8 Å². The van der Waals surface area contributed by atoms with Gasteiger partial charge in [0.05, 0.1) is 19.3 Å². The number of benzene rings is 4. The molecule has 6 heterocycles. The predicted molar refractivity (Wildman–Crippen MR) is 362 cm³/mol. The van der Waals surface area contributed by atoms with Crippen LogP contribution in [0, 0.1) is 42.1 Å². The molecule has 5 aliphatic rings. The largest absolute Gasteiger partial charge is 0.508 e. The van der Waals surface area contributed by atoms with Crippen LogP contribution in [0.5, 0.6) is 11.8 Å². The number of halogens is 3. The number of carbonyl (C=O) groups is 4. The number of imide groups is 1. The standard InChI is InChI=1S/C27H27F2N3O3.C25H43FN2.C9H17NO.C6H9NO2.C4H8O.C2H4O/c1-4-17-21(28)9-6-15-12-16(33)13-20(22(15)17)18-7-8-19-24(23(18)29)30-26(35-3)31-25(19)32-11-5-10-27(2,34)14-32;1-7-9-21(11-10-19(3)8-2)18-28-14-12-22(13-15-28)23-17-25(27(5)6)20(4)16-24(23)26;1-11-7-9-5-4-8-3-2-6-10(8)9;1-4-2-3-5(8)7-6(4)9;1-2-3-4-5;1-2-3/h6-9,12-13,33-34H,4-5,10-11,14H2,1-3H3;16-17,19,21-22H,7-15,18H2,1-6H3;8-9H,2-7H2,1H3;4H,2-3H2,1H3,(H,7,8,9);4H,2-3H2,1H3;2H,1H3/t27-;;;;;/m1...../s1. The van der Waals surface area contributed by atoms with Crippen molar-refractivity contribution in [2.75, 3.05) is 84.0 Å². The zero-order valence-electron chi connectivity index (χ0n) is 57.1. The Hall–Kier alpha value is -6.21. The normalized spacial score (nSPS) is 20.6. The first-order valence-electron chi connectivity index (χ1n) is 33.6. The lowest BCUT2D eigenvalue weighted by Crippen LogP contribution is -2.46. The van der Waals surface area contributed by atoms with Crippen LogP contribution in [0.4, 0.5) is 24.7 Å². The fourth-order valence-electron chi connectivity index (χ4n) is 13.3. The molecule has 0 bridgehead atoms. The maximum Gasteiger partial charge on any atom is 0.318 e. The van der Waals surface area contributed by atoms with Crippen LogP contribution in [0.1, 0.15) is 187 Å². The number of carbonyl (C=O) groups excluding carboxylic acids is 4. The molecule has 504 valence electrons. The van der Waals surface area contributed by atoms with Crippen molar-refractivity contribution in [3.05, 3.63) is 82.7 Å². The second-order valence-corrected chi connectivity index (χ2v) is 26.0. The number of unbranched alkanes of at least 4 members (excludes halogenated alkanes) is 1. The second kappa shape index (κ2) is 37.5. The Morgan fingerprint density at radius 3 is 2.18 bits per heavy atom. The van der Waals surface area contributed by atoms with E-state index >= 15 is 4.39 Å². The maximum atomic E-state index is 16.2. The number of nitrogens with one attached hydrogen (secondary N) is 1. The molecule has 6 atom stereocenters. The number of aromatic nitrogens is 2. The molecule has 5 aromatic rings. The second-order valence-electron chi connectivity index (χ2n) is 26.0. The Balaban J connectivity index is 0.000000235. The highest BCUT2D eigenvalue weighted by molar-refractivity contribution is 6.03. The number of methoxy groups -OCH3 is 2. The monoisotopic (exact) mass is 1270 g/mol. The van der Waals surface area contributed by atoms with Crippen molar-refractivity contribution in [2.45, 2.75) is 201 Å². The number of aryl methyl sites for hydroxylation is 2. The van der Waals surface area contributed by atoms with E-state index in [4.69, 9.17) is 14.3 Å². The number of ether oxygens (including phenoxy) is 2. The molecule has 18 heteroatoms. The van der Waals surface area contributed by atoms with E-state index < -0.39 is 11.4 Å². The van der Waals surface area contributed by atoms with Gasteiger partial charge in [0.25, 0.3) is 0 Å². The van der Waals surface area contributed by atoms with E-state index in [1.54, 1.807) is 37.3 Å². The average molecular weight is 1270 g/mol. The molecule has 10 rings (SSSR count). The molecule has 0 radical (unpaired) electrons. The van der Waals surface area contributed by atoms with E-state index in [1.807, 2.05) is 53.8 Å². The van der Waals surface area contributed by atoms with Gasteiger partial charge in [-0.1, -0.05) is 72.9 Å². The minimum atomic E-state index is -0.887. The van der Waals surface area contributed by atoms with Crippen molar-refractivity contribution in [1.82, 2.24) is 25.1 Å². The zero-order valence-corrected chi connectivity index (χ0v) is 57.1. The average Bonchev–Trinajstić information content (AvgIpc) is 2.03. The van der Waals surface area contributed by atoms with Gasteiger partial charge in [-0.25, -0.2) is 13.2 Å². The van der Waals surface area contributed by atoms with E-state index in [0.29, 0.717) is 84.2 Å². The van der Waals surface area contributed by atoms with Crippen molar-refractivity contribution in [2.24, 2.45) is 17.8 Å². The van der Waals surface area contributed by atoms with E-state index in [9.17, 15) is 33.4 Å². The molecule has 4 aromatic carbocycles. The number of likely N-dealkylation sites (tertiary alicyclic amines) is 1. The molecular weight excluding hydrogens is 1160 g/mol. The number of β-amino-alcohol motifs (C(OH)–C–C–N with tert-alkyl or cyclic N) is 1. The number of hydrogen-bond donors (Lipinski definition) is 3. The molecular formula is C73H108F3N7O8. The SMILES string of the molecule is CC1CCC(=O)NC1=O.CC=O.CCCC(CCC(C)CC)CN1CCC(c2cc(N(C)C)c(C)cc2F)CC1.CCCC=O.CCc1c(F)ccc2cc(O)cc(-c3ccc4c(N5CCC[C@@](C)(O)C5)nc(OC)nc4c3F)c12.COCC1CCC2CCCN21. The third kappa shape index (κ3) is 21.7. The van der Waals surface area contributed by atoms with Crippen LogP contribution < -0.4 is 19.9 Å². The minimum Gasteiger partial charge on any atom is -0.508 e. The van der Waals surface area contributed by atoms with Gasteiger partial charge in [0, 0.05) is 88.3 Å². The molecule has 3 N–H and O–H groups in total. The van der Waals surface area contributed by atoms with Gasteiger partial charge < -0.3 is 44.0 Å². The molecule has 91 heavy (non-hydrogen) atoms.